The lowest BCUT2D eigenvalue weighted by Gasteiger charge is -2.19. The van der Waals surface area contributed by atoms with Crippen LogP contribution in [0.25, 0.3) is 11.4 Å². The minimum absolute atomic E-state index is 0.0728. The van der Waals surface area contributed by atoms with Crippen molar-refractivity contribution in [3.8, 4) is 11.4 Å². The average Bonchev–Trinajstić information content (AvgIpc) is 2.97. The van der Waals surface area contributed by atoms with E-state index in [-0.39, 0.29) is 12.5 Å². The van der Waals surface area contributed by atoms with Crippen molar-refractivity contribution in [2.75, 3.05) is 7.05 Å². The van der Waals surface area contributed by atoms with Crippen LogP contribution in [-0.4, -0.2) is 32.6 Å². The Morgan fingerprint density at radius 3 is 2.77 bits per heavy atom. The van der Waals surface area contributed by atoms with Crippen LogP contribution in [0.15, 0.2) is 48.5 Å². The third-order valence-corrected chi connectivity index (χ3v) is 4.80. The van der Waals surface area contributed by atoms with E-state index >= 15 is 0 Å². The van der Waals surface area contributed by atoms with E-state index in [2.05, 4.69) is 10.2 Å². The number of aromatic amines is 1. The zero-order chi connectivity index (χ0) is 18.7. The summed E-state index contributed by atoms with van der Waals surface area (Å²) in [5, 5.41) is 7.72. The van der Waals surface area contributed by atoms with Gasteiger partial charge in [0.1, 0.15) is 6.54 Å². The summed E-state index contributed by atoms with van der Waals surface area (Å²) in [6.07, 6.45) is 0. The molecular weight excluding hydrogens is 368 g/mol. The van der Waals surface area contributed by atoms with Gasteiger partial charge in [-0.3, -0.25) is 14.5 Å². The molecule has 0 aliphatic heterocycles. The van der Waals surface area contributed by atoms with Crippen LogP contribution in [-0.2, 0) is 17.9 Å². The Morgan fingerprint density at radius 2 is 2.04 bits per heavy atom. The van der Waals surface area contributed by atoms with E-state index in [1.807, 2.05) is 55.5 Å². The highest BCUT2D eigenvalue weighted by molar-refractivity contribution is 7.71. The number of benzene rings is 2. The van der Waals surface area contributed by atoms with Gasteiger partial charge in [0.25, 0.3) is 0 Å². The zero-order valence-corrected chi connectivity index (χ0v) is 16.1. The predicted molar refractivity (Wildman–Crippen MR) is 106 cm³/mol. The molecule has 1 amide bonds. The fraction of sp³-hybridized carbons (Fsp3) is 0.211. The molecular formula is C19H19ClN4OS. The van der Waals surface area contributed by atoms with Crippen LogP contribution in [0.3, 0.4) is 0 Å². The van der Waals surface area contributed by atoms with Crippen LogP contribution < -0.4 is 0 Å². The second-order valence-electron chi connectivity index (χ2n) is 6.15. The molecule has 0 aliphatic rings. The van der Waals surface area contributed by atoms with Gasteiger partial charge in [0.15, 0.2) is 10.6 Å². The van der Waals surface area contributed by atoms with Gasteiger partial charge in [0, 0.05) is 24.2 Å². The van der Waals surface area contributed by atoms with Crippen LogP contribution in [0.5, 0.6) is 0 Å². The van der Waals surface area contributed by atoms with Crippen LogP contribution in [0.1, 0.15) is 11.1 Å². The Kier molecular flexibility index (Phi) is 5.54. The lowest BCUT2D eigenvalue weighted by atomic mass is 10.1. The maximum absolute atomic E-state index is 12.7. The van der Waals surface area contributed by atoms with E-state index in [1.54, 1.807) is 16.5 Å². The highest BCUT2D eigenvalue weighted by Gasteiger charge is 2.16. The molecule has 0 unspecified atom stereocenters. The minimum Gasteiger partial charge on any atom is -0.340 e. The van der Waals surface area contributed by atoms with Crippen molar-refractivity contribution in [3.05, 3.63) is 69.5 Å². The molecule has 0 aliphatic carbocycles. The van der Waals surface area contributed by atoms with Gasteiger partial charge in [-0.15, -0.1) is 0 Å². The predicted octanol–water partition coefficient (Wildman–Crippen LogP) is 4.23. The summed E-state index contributed by atoms with van der Waals surface area (Å²) in [5.74, 6) is 0.578. The highest BCUT2D eigenvalue weighted by Crippen LogP contribution is 2.20. The van der Waals surface area contributed by atoms with Gasteiger partial charge in [0.2, 0.25) is 5.91 Å². The van der Waals surface area contributed by atoms with E-state index in [1.165, 1.54) is 0 Å². The third-order valence-electron chi connectivity index (χ3n) is 4.12. The fourth-order valence-electron chi connectivity index (χ4n) is 2.70. The van der Waals surface area contributed by atoms with Crippen molar-refractivity contribution in [1.82, 2.24) is 19.7 Å². The van der Waals surface area contributed by atoms with Crippen molar-refractivity contribution in [2.24, 2.45) is 0 Å². The van der Waals surface area contributed by atoms with Gasteiger partial charge in [-0.1, -0.05) is 53.6 Å². The van der Waals surface area contributed by atoms with Gasteiger partial charge in [0.05, 0.1) is 0 Å². The summed E-state index contributed by atoms with van der Waals surface area (Å²) in [7, 11) is 1.75. The van der Waals surface area contributed by atoms with E-state index in [4.69, 9.17) is 23.8 Å². The molecule has 0 bridgehead atoms. The number of carbonyl (C=O) groups is 1. The molecule has 0 fully saturated rings. The normalized spacial score (nSPS) is 10.7. The number of H-pyrrole nitrogens is 1. The number of carbonyl (C=O) groups excluding carboxylic acids is 1. The van der Waals surface area contributed by atoms with Crippen LogP contribution in [0.4, 0.5) is 0 Å². The zero-order valence-electron chi connectivity index (χ0n) is 14.6. The van der Waals surface area contributed by atoms with E-state index in [0.717, 1.165) is 16.7 Å². The standard InChI is InChI=1S/C19H19ClN4OS/c1-13-6-5-8-14(10-13)18-21-22-19(26)24(18)12-17(25)23(2)11-15-7-3-4-9-16(15)20/h3-10H,11-12H2,1-2H3,(H,22,26). The lowest BCUT2D eigenvalue weighted by Crippen LogP contribution is -2.30. The van der Waals surface area contributed by atoms with Gasteiger partial charge in [-0.25, -0.2) is 0 Å². The molecule has 1 aromatic heterocycles. The smallest absolute Gasteiger partial charge is 0.242 e. The first kappa shape index (κ1) is 18.4. The number of aromatic nitrogens is 3. The Bertz CT molecular complexity index is 995. The summed E-state index contributed by atoms with van der Waals surface area (Å²) >= 11 is 11.5. The Morgan fingerprint density at radius 1 is 1.27 bits per heavy atom. The summed E-state index contributed by atoms with van der Waals surface area (Å²) < 4.78 is 2.14. The molecule has 1 heterocycles. The first-order valence-corrected chi connectivity index (χ1v) is 8.94. The SMILES string of the molecule is Cc1cccc(-c2n[nH]c(=S)n2CC(=O)N(C)Cc2ccccc2Cl)c1. The van der Waals surface area contributed by atoms with Crippen molar-refractivity contribution in [3.63, 3.8) is 0 Å². The molecule has 5 nitrogen and oxygen atoms in total. The first-order chi connectivity index (χ1) is 12.5. The minimum atomic E-state index is -0.0728. The lowest BCUT2D eigenvalue weighted by molar-refractivity contribution is -0.131. The van der Waals surface area contributed by atoms with E-state index in [0.29, 0.717) is 22.2 Å². The molecule has 0 radical (unpaired) electrons. The Hall–Kier alpha value is -2.44. The van der Waals surface area contributed by atoms with Crippen LogP contribution >= 0.6 is 23.8 Å². The van der Waals surface area contributed by atoms with Crippen molar-refractivity contribution in [1.29, 1.82) is 0 Å². The molecule has 3 rings (SSSR count). The Labute approximate surface area is 162 Å². The summed E-state index contributed by atoms with van der Waals surface area (Å²) in [6.45, 7) is 2.56. The molecule has 0 spiro atoms. The maximum Gasteiger partial charge on any atom is 0.242 e. The topological polar surface area (TPSA) is 53.9 Å². The van der Waals surface area contributed by atoms with Gasteiger partial charge in [-0.05, 0) is 36.8 Å². The van der Waals surface area contributed by atoms with E-state index in [9.17, 15) is 4.79 Å². The fourth-order valence-corrected chi connectivity index (χ4v) is 3.09. The summed E-state index contributed by atoms with van der Waals surface area (Å²) in [6, 6.07) is 15.4. The molecule has 1 N–H and O–H groups in total. The summed E-state index contributed by atoms with van der Waals surface area (Å²) in [4.78, 5) is 14.3. The molecule has 7 heteroatoms. The molecule has 0 saturated carbocycles. The quantitative estimate of drug-likeness (QED) is 0.667. The molecule has 2 aromatic carbocycles. The summed E-state index contributed by atoms with van der Waals surface area (Å²) in [5.41, 5.74) is 2.93. The van der Waals surface area contributed by atoms with Gasteiger partial charge >= 0.3 is 0 Å². The van der Waals surface area contributed by atoms with Gasteiger partial charge < -0.3 is 4.90 Å². The number of rotatable bonds is 5. The monoisotopic (exact) mass is 386 g/mol. The number of aryl methyl sites for hydroxylation is 1. The molecule has 26 heavy (non-hydrogen) atoms. The average molecular weight is 387 g/mol. The third kappa shape index (κ3) is 4.03. The Balaban J connectivity index is 1.81. The number of amides is 1. The van der Waals surface area contributed by atoms with Gasteiger partial charge in [-0.2, -0.15) is 5.10 Å². The number of halogens is 1. The number of hydrogen-bond acceptors (Lipinski definition) is 3. The van der Waals surface area contributed by atoms with Crippen LogP contribution in [0.2, 0.25) is 5.02 Å². The number of likely N-dealkylation sites (N-methyl/N-ethyl adjacent to an activating group) is 1. The molecule has 3 aromatic rings. The van der Waals surface area contributed by atoms with Crippen molar-refractivity contribution >= 4 is 29.7 Å². The molecule has 134 valence electrons. The first-order valence-electron chi connectivity index (χ1n) is 8.15. The number of nitrogens with zero attached hydrogens (tertiary/aromatic N) is 3. The number of nitrogens with one attached hydrogen (secondary N) is 1. The second kappa shape index (κ2) is 7.85. The second-order valence-corrected chi connectivity index (χ2v) is 6.94. The van der Waals surface area contributed by atoms with Crippen LogP contribution in [0, 0.1) is 11.7 Å². The largest absolute Gasteiger partial charge is 0.340 e. The molecule has 0 saturated heterocycles. The van der Waals surface area contributed by atoms with E-state index < -0.39 is 0 Å². The van der Waals surface area contributed by atoms with Crippen molar-refractivity contribution in [2.45, 2.75) is 20.0 Å². The number of hydrogen-bond donors (Lipinski definition) is 1. The van der Waals surface area contributed by atoms with Crippen molar-refractivity contribution < 1.29 is 4.79 Å². The molecule has 0 atom stereocenters. The highest BCUT2D eigenvalue weighted by atomic mass is 35.5. The maximum atomic E-state index is 12.7.